The lowest BCUT2D eigenvalue weighted by molar-refractivity contribution is -0.144. The number of aliphatic carboxylic acids is 1. The minimum Gasteiger partial charge on any atom is -0.481 e. The zero-order chi connectivity index (χ0) is 15.2. The summed E-state index contributed by atoms with van der Waals surface area (Å²) in [4.78, 5) is 28.1. The normalized spacial score (nSPS) is 21.8. The summed E-state index contributed by atoms with van der Waals surface area (Å²) in [6.45, 7) is 2.79. The Hall–Kier alpha value is -1.63. The van der Waals surface area contributed by atoms with E-state index in [9.17, 15) is 14.7 Å². The molecule has 0 spiro atoms. The van der Waals surface area contributed by atoms with Crippen LogP contribution in [0, 0.1) is 18.8 Å². The summed E-state index contributed by atoms with van der Waals surface area (Å²) in [5.74, 6) is -1.04. The predicted molar refractivity (Wildman–Crippen MR) is 80.2 cm³/mol. The number of amides is 2. The van der Waals surface area contributed by atoms with Gasteiger partial charge in [0.25, 0.3) is 0 Å². The standard InChI is InChI=1S/C14H21N3O3S/c1-9-15-7-11(21-9)8-17-14(20)16-6-10-4-2-3-5-12(10)13(18)19/h7,10,12H,2-6,8H2,1H3,(H,18,19)(H2,16,17,20). The van der Waals surface area contributed by atoms with E-state index in [1.807, 2.05) is 6.92 Å². The van der Waals surface area contributed by atoms with Crippen LogP contribution in [0.1, 0.15) is 35.6 Å². The number of carbonyl (C=O) groups excluding carboxylic acids is 1. The maximum absolute atomic E-state index is 11.8. The summed E-state index contributed by atoms with van der Waals surface area (Å²) < 4.78 is 0. The van der Waals surface area contributed by atoms with Crippen molar-refractivity contribution in [2.45, 2.75) is 39.2 Å². The highest BCUT2D eigenvalue weighted by atomic mass is 32.1. The predicted octanol–water partition coefficient (Wildman–Crippen LogP) is 2.14. The fraction of sp³-hybridized carbons (Fsp3) is 0.643. The van der Waals surface area contributed by atoms with Gasteiger partial charge in [0.05, 0.1) is 17.5 Å². The number of nitrogens with zero attached hydrogens (tertiary/aromatic N) is 1. The van der Waals surface area contributed by atoms with Crippen LogP contribution in [0.15, 0.2) is 6.20 Å². The molecule has 2 unspecified atom stereocenters. The number of hydrogen-bond donors (Lipinski definition) is 3. The van der Waals surface area contributed by atoms with E-state index in [1.165, 1.54) is 0 Å². The van der Waals surface area contributed by atoms with Gasteiger partial charge in [-0.1, -0.05) is 12.8 Å². The van der Waals surface area contributed by atoms with Gasteiger partial charge in [-0.05, 0) is 25.7 Å². The van der Waals surface area contributed by atoms with Crippen LogP contribution >= 0.6 is 11.3 Å². The van der Waals surface area contributed by atoms with Gasteiger partial charge >= 0.3 is 12.0 Å². The van der Waals surface area contributed by atoms with Crippen molar-refractivity contribution in [1.82, 2.24) is 15.6 Å². The molecule has 1 fully saturated rings. The van der Waals surface area contributed by atoms with E-state index in [4.69, 9.17) is 0 Å². The molecule has 3 N–H and O–H groups in total. The van der Waals surface area contributed by atoms with Crippen LogP contribution in [0.5, 0.6) is 0 Å². The van der Waals surface area contributed by atoms with E-state index >= 15 is 0 Å². The second-order valence-electron chi connectivity index (χ2n) is 5.40. The van der Waals surface area contributed by atoms with Crippen molar-refractivity contribution >= 4 is 23.3 Å². The van der Waals surface area contributed by atoms with Gasteiger partial charge in [-0.2, -0.15) is 0 Å². The van der Waals surface area contributed by atoms with Crippen molar-refractivity contribution in [3.63, 3.8) is 0 Å². The number of nitrogens with one attached hydrogen (secondary N) is 2. The summed E-state index contributed by atoms with van der Waals surface area (Å²) in [5.41, 5.74) is 0. The van der Waals surface area contributed by atoms with Gasteiger partial charge in [-0.15, -0.1) is 11.3 Å². The summed E-state index contributed by atoms with van der Waals surface area (Å²) in [6.07, 6.45) is 5.33. The first-order valence-electron chi connectivity index (χ1n) is 7.22. The molecule has 7 heteroatoms. The van der Waals surface area contributed by atoms with Gasteiger partial charge in [0.2, 0.25) is 0 Å². The average Bonchev–Trinajstić information content (AvgIpc) is 2.88. The Morgan fingerprint density at radius 3 is 2.81 bits per heavy atom. The van der Waals surface area contributed by atoms with Crippen LogP contribution in [0.4, 0.5) is 4.79 Å². The van der Waals surface area contributed by atoms with Crippen molar-refractivity contribution in [3.05, 3.63) is 16.1 Å². The Kier molecular flexibility index (Phi) is 5.55. The molecule has 1 saturated carbocycles. The molecule has 1 aliphatic carbocycles. The Bertz CT molecular complexity index is 503. The van der Waals surface area contributed by atoms with Crippen molar-refractivity contribution < 1.29 is 14.7 Å². The molecule has 0 aliphatic heterocycles. The summed E-state index contributed by atoms with van der Waals surface area (Å²) in [6, 6.07) is -0.254. The fourth-order valence-electron chi connectivity index (χ4n) is 2.72. The average molecular weight is 311 g/mol. The maximum Gasteiger partial charge on any atom is 0.315 e. The molecular formula is C14H21N3O3S. The van der Waals surface area contributed by atoms with Crippen molar-refractivity contribution in [2.75, 3.05) is 6.54 Å². The van der Waals surface area contributed by atoms with Gasteiger partial charge in [-0.3, -0.25) is 4.79 Å². The zero-order valence-electron chi connectivity index (χ0n) is 12.1. The van der Waals surface area contributed by atoms with Crippen LogP contribution in [0.3, 0.4) is 0 Å². The number of hydrogen-bond acceptors (Lipinski definition) is 4. The lowest BCUT2D eigenvalue weighted by atomic mass is 9.79. The lowest BCUT2D eigenvalue weighted by Crippen LogP contribution is -2.41. The number of carboxylic acids is 1. The van der Waals surface area contributed by atoms with Crippen LogP contribution in [-0.2, 0) is 11.3 Å². The molecule has 0 aromatic carbocycles. The minimum absolute atomic E-state index is 0.0349. The first-order chi connectivity index (χ1) is 10.1. The Balaban J connectivity index is 1.73. The highest BCUT2D eigenvalue weighted by molar-refractivity contribution is 7.11. The third kappa shape index (κ3) is 4.70. The van der Waals surface area contributed by atoms with Gasteiger partial charge in [-0.25, -0.2) is 9.78 Å². The summed E-state index contributed by atoms with van der Waals surface area (Å²) >= 11 is 1.55. The molecule has 116 valence electrons. The topological polar surface area (TPSA) is 91.3 Å². The molecule has 0 bridgehead atoms. The van der Waals surface area contributed by atoms with Crippen molar-refractivity contribution in [2.24, 2.45) is 11.8 Å². The molecule has 6 nitrogen and oxygen atoms in total. The van der Waals surface area contributed by atoms with Crippen molar-refractivity contribution in [3.8, 4) is 0 Å². The van der Waals surface area contributed by atoms with Gasteiger partial charge in [0.15, 0.2) is 0 Å². The van der Waals surface area contributed by atoms with E-state index in [2.05, 4.69) is 15.6 Å². The van der Waals surface area contributed by atoms with Crippen LogP contribution in [-0.4, -0.2) is 28.6 Å². The summed E-state index contributed by atoms with van der Waals surface area (Å²) in [7, 11) is 0. The number of aryl methyl sites for hydroxylation is 1. The number of rotatable bonds is 5. The number of thiazole rings is 1. The lowest BCUT2D eigenvalue weighted by Gasteiger charge is -2.28. The molecule has 2 amide bonds. The molecule has 2 atom stereocenters. The molecular weight excluding hydrogens is 290 g/mol. The monoisotopic (exact) mass is 311 g/mol. The van der Waals surface area contributed by atoms with E-state index in [1.54, 1.807) is 17.5 Å². The summed E-state index contributed by atoms with van der Waals surface area (Å²) in [5, 5.41) is 15.7. The Morgan fingerprint density at radius 1 is 1.38 bits per heavy atom. The fourth-order valence-corrected chi connectivity index (χ4v) is 3.45. The van der Waals surface area contributed by atoms with E-state index in [0.717, 1.165) is 29.1 Å². The highest BCUT2D eigenvalue weighted by Crippen LogP contribution is 2.29. The van der Waals surface area contributed by atoms with E-state index < -0.39 is 5.97 Å². The quantitative estimate of drug-likeness (QED) is 0.777. The second kappa shape index (κ2) is 7.40. The zero-order valence-corrected chi connectivity index (χ0v) is 12.9. The van der Waals surface area contributed by atoms with Crippen LogP contribution in [0.25, 0.3) is 0 Å². The van der Waals surface area contributed by atoms with E-state index in [0.29, 0.717) is 19.5 Å². The minimum atomic E-state index is -0.748. The molecule has 1 aromatic rings. The smallest absolute Gasteiger partial charge is 0.315 e. The third-order valence-electron chi connectivity index (χ3n) is 3.84. The maximum atomic E-state index is 11.8. The highest BCUT2D eigenvalue weighted by Gasteiger charge is 2.30. The number of carboxylic acid groups (broad SMARTS) is 1. The Morgan fingerprint density at radius 2 is 2.14 bits per heavy atom. The first-order valence-corrected chi connectivity index (χ1v) is 8.03. The molecule has 21 heavy (non-hydrogen) atoms. The number of urea groups is 1. The first kappa shape index (κ1) is 15.8. The molecule has 2 rings (SSSR count). The molecule has 1 aromatic heterocycles. The SMILES string of the molecule is Cc1ncc(CNC(=O)NCC2CCCCC2C(=O)O)s1. The van der Waals surface area contributed by atoms with Gasteiger partial charge in [0.1, 0.15) is 0 Å². The molecule has 0 saturated heterocycles. The van der Waals surface area contributed by atoms with E-state index in [-0.39, 0.29) is 17.9 Å². The van der Waals surface area contributed by atoms with Crippen LogP contribution in [0.2, 0.25) is 0 Å². The molecule has 0 radical (unpaired) electrons. The molecule has 1 heterocycles. The number of aromatic nitrogens is 1. The second-order valence-corrected chi connectivity index (χ2v) is 6.72. The number of carbonyl (C=O) groups is 2. The Labute approximate surface area is 128 Å². The van der Waals surface area contributed by atoms with Gasteiger partial charge < -0.3 is 15.7 Å². The van der Waals surface area contributed by atoms with Crippen molar-refractivity contribution in [1.29, 1.82) is 0 Å². The third-order valence-corrected chi connectivity index (χ3v) is 4.76. The van der Waals surface area contributed by atoms with Gasteiger partial charge in [0, 0.05) is 17.6 Å². The largest absolute Gasteiger partial charge is 0.481 e. The van der Waals surface area contributed by atoms with Crippen LogP contribution < -0.4 is 10.6 Å². The molecule has 1 aliphatic rings.